The molecule has 1 rings (SSSR count). The minimum atomic E-state index is -1.63. The smallest absolute Gasteiger partial charge is 0.306 e. The quantitative estimate of drug-likeness (QED) is 0.0195. The number of esters is 1. The zero-order valence-electron chi connectivity index (χ0n) is 51.6. The third-order valence-electron chi connectivity index (χ3n) is 15.0. The van der Waals surface area contributed by atoms with E-state index in [1.54, 1.807) is 6.08 Å². The molecule has 8 atom stereocenters. The lowest BCUT2D eigenvalue weighted by Crippen LogP contribution is -2.61. The highest BCUT2D eigenvalue weighted by Crippen LogP contribution is 2.26. The molecule has 0 aromatic carbocycles. The molecular formula is C70H121NO10. The monoisotopic (exact) mass is 1140 g/mol. The standard InChI is InChI=1S/C70H121NO10/c1-4-7-10-13-16-19-22-24-26-28-30-31-32-34-35-37-39-42-45-48-51-54-57-63(74)69(78)71-61(62(73)56-53-50-47-44-41-21-18-15-12-9-6-3)60-79-70-68(67(77)66(76)64(59-72)80-70)81-65(75)58-55-52-49-46-43-40-38-36-33-29-27-25-23-20-17-14-11-8-5-2/h16-17,19-20,24-27,30-31,33,36,40,43,53,56,61-64,66-68,70,72-74,76-77H,4-15,18,21-23,28-29,32,34-35,37-39,41-42,44-52,54-55,57-60H2,1-3H3,(H,71,78)/b19-16-,20-17-,26-24-,27-25-,31-30-,36-33-,43-40-,56-53+. The zero-order chi connectivity index (χ0) is 58.9. The summed E-state index contributed by atoms with van der Waals surface area (Å²) in [4.78, 5) is 26.6. The molecule has 11 heteroatoms. The number of hydrogen-bond acceptors (Lipinski definition) is 10. The Balaban J connectivity index is 2.65. The second-order valence-electron chi connectivity index (χ2n) is 22.5. The first kappa shape index (κ1) is 75.6. The van der Waals surface area contributed by atoms with Gasteiger partial charge in [-0.25, -0.2) is 0 Å². The molecule has 0 aliphatic carbocycles. The molecule has 0 spiro atoms. The average Bonchev–Trinajstić information content (AvgIpc) is 3.50. The lowest BCUT2D eigenvalue weighted by Gasteiger charge is -2.41. The van der Waals surface area contributed by atoms with Gasteiger partial charge in [0.2, 0.25) is 5.91 Å². The Kier molecular flexibility index (Phi) is 53.2. The van der Waals surface area contributed by atoms with E-state index in [4.69, 9.17) is 14.2 Å². The number of rotatable bonds is 55. The van der Waals surface area contributed by atoms with Gasteiger partial charge in [0.1, 0.15) is 24.4 Å². The van der Waals surface area contributed by atoms with E-state index in [0.717, 1.165) is 103 Å². The summed E-state index contributed by atoms with van der Waals surface area (Å²) in [7, 11) is 0. The summed E-state index contributed by atoms with van der Waals surface area (Å²) >= 11 is 0. The van der Waals surface area contributed by atoms with Gasteiger partial charge in [-0.05, 0) is 109 Å². The van der Waals surface area contributed by atoms with Crippen molar-refractivity contribution < 1.29 is 49.3 Å². The van der Waals surface area contributed by atoms with Crippen LogP contribution in [0, 0.1) is 0 Å². The summed E-state index contributed by atoms with van der Waals surface area (Å²) in [5.41, 5.74) is 0. The first-order chi connectivity index (χ1) is 39.7. The number of ether oxygens (including phenoxy) is 3. The first-order valence-corrected chi connectivity index (χ1v) is 33.0. The fourth-order valence-corrected chi connectivity index (χ4v) is 9.70. The van der Waals surface area contributed by atoms with Crippen molar-refractivity contribution in [2.75, 3.05) is 13.2 Å². The second-order valence-corrected chi connectivity index (χ2v) is 22.5. The fraction of sp³-hybridized carbons (Fsp3) is 0.743. The van der Waals surface area contributed by atoms with Crippen molar-refractivity contribution >= 4 is 11.9 Å². The van der Waals surface area contributed by atoms with Crippen LogP contribution in [-0.2, 0) is 23.8 Å². The molecule has 6 N–H and O–H groups in total. The van der Waals surface area contributed by atoms with Crippen molar-refractivity contribution in [2.24, 2.45) is 0 Å². The molecule has 1 saturated heterocycles. The van der Waals surface area contributed by atoms with Gasteiger partial charge >= 0.3 is 5.97 Å². The number of carbonyl (C=O) groups excluding carboxylic acids is 2. The molecule has 0 saturated carbocycles. The van der Waals surface area contributed by atoms with Crippen LogP contribution in [0.3, 0.4) is 0 Å². The molecule has 1 heterocycles. The van der Waals surface area contributed by atoms with Gasteiger partial charge < -0.3 is 45.1 Å². The molecule has 466 valence electrons. The van der Waals surface area contributed by atoms with Gasteiger partial charge in [0.15, 0.2) is 12.4 Å². The topological polar surface area (TPSA) is 175 Å². The summed E-state index contributed by atoms with van der Waals surface area (Å²) < 4.78 is 17.6. The van der Waals surface area contributed by atoms with Crippen molar-refractivity contribution in [3.8, 4) is 0 Å². The maximum Gasteiger partial charge on any atom is 0.306 e. The van der Waals surface area contributed by atoms with Crippen molar-refractivity contribution in [1.82, 2.24) is 5.32 Å². The highest BCUT2D eigenvalue weighted by molar-refractivity contribution is 5.80. The predicted molar refractivity (Wildman–Crippen MR) is 338 cm³/mol. The number of nitrogens with one attached hydrogen (secondary N) is 1. The molecule has 0 radical (unpaired) electrons. The number of allylic oxidation sites excluding steroid dienone is 15. The van der Waals surface area contributed by atoms with Crippen molar-refractivity contribution in [3.63, 3.8) is 0 Å². The molecule has 8 unspecified atom stereocenters. The average molecular weight is 1140 g/mol. The molecule has 1 aliphatic rings. The molecule has 0 aromatic heterocycles. The van der Waals surface area contributed by atoms with Crippen LogP contribution in [0.5, 0.6) is 0 Å². The van der Waals surface area contributed by atoms with Gasteiger partial charge in [0.05, 0.1) is 25.4 Å². The summed E-state index contributed by atoms with van der Waals surface area (Å²) in [6.45, 7) is 5.71. The van der Waals surface area contributed by atoms with E-state index >= 15 is 0 Å². The number of hydrogen-bond donors (Lipinski definition) is 6. The maximum absolute atomic E-state index is 13.4. The summed E-state index contributed by atoms with van der Waals surface area (Å²) in [6, 6.07) is -1.04. The SMILES string of the molecule is CCCCC/C=C\C/C=C\C/C=C\C/C=C\CCCCCC(=O)OC1C(OCC(NC(=O)C(O)CCCCCCCCCCC/C=C\C/C=C\C/C=C\CCCCC)C(O)/C=C/CCCCCCCCCCC)OC(CO)C(O)C1O. The van der Waals surface area contributed by atoms with Crippen LogP contribution in [0.15, 0.2) is 97.2 Å². The molecule has 1 amide bonds. The number of aliphatic hydroxyl groups excluding tert-OH is 5. The van der Waals surface area contributed by atoms with Crippen molar-refractivity contribution in [1.29, 1.82) is 0 Å². The van der Waals surface area contributed by atoms with Gasteiger partial charge in [0.25, 0.3) is 0 Å². The van der Waals surface area contributed by atoms with E-state index in [1.807, 2.05) is 6.08 Å². The lowest BCUT2D eigenvalue weighted by atomic mass is 9.99. The van der Waals surface area contributed by atoms with E-state index in [0.29, 0.717) is 12.8 Å². The van der Waals surface area contributed by atoms with Crippen molar-refractivity contribution in [3.05, 3.63) is 97.2 Å². The Labute approximate surface area is 495 Å². The lowest BCUT2D eigenvalue weighted by molar-refractivity contribution is -0.305. The van der Waals surface area contributed by atoms with E-state index < -0.39 is 67.4 Å². The Hall–Kier alpha value is -3.42. The highest BCUT2D eigenvalue weighted by Gasteiger charge is 2.47. The molecule has 11 nitrogen and oxygen atoms in total. The first-order valence-electron chi connectivity index (χ1n) is 33.0. The molecule has 0 bridgehead atoms. The van der Waals surface area contributed by atoms with E-state index in [-0.39, 0.29) is 19.4 Å². The molecular weight excluding hydrogens is 1010 g/mol. The summed E-state index contributed by atoms with van der Waals surface area (Å²) in [5.74, 6) is -1.23. The van der Waals surface area contributed by atoms with Gasteiger partial charge in [-0.3, -0.25) is 9.59 Å². The van der Waals surface area contributed by atoms with Crippen LogP contribution in [0.1, 0.15) is 271 Å². The van der Waals surface area contributed by atoms with Crippen LogP contribution in [0.25, 0.3) is 0 Å². The zero-order valence-corrected chi connectivity index (χ0v) is 51.6. The van der Waals surface area contributed by atoms with Gasteiger partial charge in [-0.1, -0.05) is 253 Å². The summed E-state index contributed by atoms with van der Waals surface area (Å²) in [5, 5.41) is 57.1. The van der Waals surface area contributed by atoms with E-state index in [1.165, 1.54) is 122 Å². The van der Waals surface area contributed by atoms with Crippen LogP contribution < -0.4 is 5.32 Å². The molecule has 81 heavy (non-hydrogen) atoms. The Morgan fingerprint density at radius 1 is 0.481 bits per heavy atom. The van der Waals surface area contributed by atoms with Crippen LogP contribution >= 0.6 is 0 Å². The minimum absolute atomic E-state index is 0.0816. The fourth-order valence-electron chi connectivity index (χ4n) is 9.70. The number of amides is 1. The van der Waals surface area contributed by atoms with Crippen molar-refractivity contribution in [2.45, 2.75) is 320 Å². The molecule has 1 aliphatic heterocycles. The third-order valence-corrected chi connectivity index (χ3v) is 15.0. The second kappa shape index (κ2) is 57.0. The third kappa shape index (κ3) is 44.7. The van der Waals surface area contributed by atoms with E-state index in [2.05, 4.69) is 111 Å². The van der Waals surface area contributed by atoms with Crippen LogP contribution in [0.4, 0.5) is 0 Å². The predicted octanol–water partition coefficient (Wildman–Crippen LogP) is 16.3. The molecule has 1 fully saturated rings. The number of aliphatic hydroxyl groups is 5. The minimum Gasteiger partial charge on any atom is -0.454 e. The number of unbranched alkanes of at least 4 members (excludes halogenated alkanes) is 27. The highest BCUT2D eigenvalue weighted by atomic mass is 16.7. The normalized spacial score (nSPS) is 19.3. The Morgan fingerprint density at radius 2 is 0.852 bits per heavy atom. The van der Waals surface area contributed by atoms with Crippen LogP contribution in [-0.4, -0.2) is 99.6 Å². The van der Waals surface area contributed by atoms with Crippen LogP contribution in [0.2, 0.25) is 0 Å². The summed E-state index contributed by atoms with van der Waals surface area (Å²) in [6.07, 6.45) is 65.8. The largest absolute Gasteiger partial charge is 0.454 e. The van der Waals surface area contributed by atoms with Gasteiger partial charge in [-0.2, -0.15) is 0 Å². The number of carbonyl (C=O) groups is 2. The maximum atomic E-state index is 13.4. The molecule has 0 aromatic rings. The Bertz CT molecular complexity index is 1690. The van der Waals surface area contributed by atoms with Gasteiger partial charge in [0, 0.05) is 6.42 Å². The Morgan fingerprint density at radius 3 is 1.30 bits per heavy atom. The van der Waals surface area contributed by atoms with Gasteiger partial charge in [-0.15, -0.1) is 0 Å². The van der Waals surface area contributed by atoms with E-state index in [9.17, 15) is 35.1 Å².